The number of ether oxygens (including phenoxy) is 1. The van der Waals surface area contributed by atoms with Gasteiger partial charge in [0.1, 0.15) is 0 Å². The van der Waals surface area contributed by atoms with Crippen LogP contribution in [0.5, 0.6) is 0 Å². The van der Waals surface area contributed by atoms with Crippen molar-refractivity contribution in [2.45, 2.75) is 77.1 Å². The van der Waals surface area contributed by atoms with Crippen LogP contribution in [-0.2, 0) is 9.53 Å². The SMILES string of the molecule is CC(C)OC=O.CC1CCC(CCN(N)C2CC2)N1. The molecule has 0 aromatic rings. The first kappa shape index (κ1) is 16.4. The average Bonchev–Trinajstić information content (AvgIpc) is 3.11. The fourth-order valence-electron chi connectivity index (χ4n) is 2.25. The number of nitrogens with one attached hydrogen (secondary N) is 1. The van der Waals surface area contributed by atoms with Gasteiger partial charge in [0, 0.05) is 24.7 Å². The largest absolute Gasteiger partial charge is 0.465 e. The second-order valence-electron chi connectivity index (χ2n) is 5.88. The van der Waals surface area contributed by atoms with Crippen molar-refractivity contribution in [1.82, 2.24) is 10.3 Å². The molecule has 0 bridgehead atoms. The average molecular weight is 271 g/mol. The molecule has 5 nitrogen and oxygen atoms in total. The van der Waals surface area contributed by atoms with Crippen molar-refractivity contribution in [2.75, 3.05) is 6.54 Å². The standard InChI is InChI=1S/C10H21N3.C4H8O2/c1-8-2-3-9(12-8)6-7-13(11)10-4-5-10;1-4(2)6-3-5/h8-10,12H,2-7,11H2,1H3;3-4H,1-2H3. The number of nitrogens with two attached hydrogens (primary N) is 1. The minimum atomic E-state index is 0.0301. The number of hydrogen-bond donors (Lipinski definition) is 2. The molecule has 0 aromatic carbocycles. The second kappa shape index (κ2) is 8.51. The zero-order chi connectivity index (χ0) is 14.3. The van der Waals surface area contributed by atoms with Crippen LogP contribution >= 0.6 is 0 Å². The van der Waals surface area contributed by atoms with Gasteiger partial charge in [-0.3, -0.25) is 10.6 Å². The third-order valence-electron chi connectivity index (χ3n) is 3.55. The maximum atomic E-state index is 9.39. The van der Waals surface area contributed by atoms with Crippen LogP contribution in [0.2, 0.25) is 0 Å². The van der Waals surface area contributed by atoms with E-state index >= 15 is 0 Å². The third kappa shape index (κ3) is 7.50. The number of carbonyl (C=O) groups excluding carboxylic acids is 1. The fraction of sp³-hybridized carbons (Fsp3) is 0.929. The Bertz CT molecular complexity index is 257. The highest BCUT2D eigenvalue weighted by Crippen LogP contribution is 2.24. The van der Waals surface area contributed by atoms with Gasteiger partial charge >= 0.3 is 0 Å². The van der Waals surface area contributed by atoms with Crippen LogP contribution < -0.4 is 11.2 Å². The molecule has 2 atom stereocenters. The lowest BCUT2D eigenvalue weighted by Gasteiger charge is -2.18. The van der Waals surface area contributed by atoms with Crippen molar-refractivity contribution in [2.24, 2.45) is 5.84 Å². The molecule has 2 fully saturated rings. The minimum absolute atomic E-state index is 0.0301. The van der Waals surface area contributed by atoms with Crippen molar-refractivity contribution in [3.63, 3.8) is 0 Å². The number of carbonyl (C=O) groups is 1. The minimum Gasteiger partial charge on any atom is -0.465 e. The molecule has 1 aliphatic heterocycles. The lowest BCUT2D eigenvalue weighted by Crippen LogP contribution is -2.38. The molecule has 5 heteroatoms. The van der Waals surface area contributed by atoms with Gasteiger partial charge in [-0.15, -0.1) is 0 Å². The number of rotatable bonds is 6. The highest BCUT2D eigenvalue weighted by atomic mass is 16.5. The summed E-state index contributed by atoms with van der Waals surface area (Å²) in [7, 11) is 0. The lowest BCUT2D eigenvalue weighted by atomic mass is 10.1. The smallest absolute Gasteiger partial charge is 0.293 e. The van der Waals surface area contributed by atoms with Crippen LogP contribution in [0, 0.1) is 0 Å². The van der Waals surface area contributed by atoms with Gasteiger partial charge < -0.3 is 10.1 Å². The van der Waals surface area contributed by atoms with E-state index in [1.807, 2.05) is 5.01 Å². The molecule has 1 aliphatic carbocycles. The van der Waals surface area contributed by atoms with Gasteiger partial charge in [0.25, 0.3) is 6.47 Å². The molecule has 1 saturated heterocycles. The summed E-state index contributed by atoms with van der Waals surface area (Å²) < 4.78 is 4.36. The van der Waals surface area contributed by atoms with Crippen LogP contribution in [0.1, 0.15) is 52.9 Å². The van der Waals surface area contributed by atoms with Gasteiger partial charge in [-0.25, -0.2) is 5.01 Å². The summed E-state index contributed by atoms with van der Waals surface area (Å²) in [5.74, 6) is 5.90. The Hall–Kier alpha value is -0.650. The maximum absolute atomic E-state index is 9.39. The van der Waals surface area contributed by atoms with Gasteiger partial charge in [0.15, 0.2) is 0 Å². The maximum Gasteiger partial charge on any atom is 0.293 e. The van der Waals surface area contributed by atoms with E-state index < -0.39 is 0 Å². The summed E-state index contributed by atoms with van der Waals surface area (Å²) in [5.41, 5.74) is 0. The van der Waals surface area contributed by atoms with Gasteiger partial charge in [-0.1, -0.05) is 0 Å². The zero-order valence-corrected chi connectivity index (χ0v) is 12.5. The molecule has 1 heterocycles. The van der Waals surface area contributed by atoms with Crippen molar-refractivity contribution in [3.05, 3.63) is 0 Å². The third-order valence-corrected chi connectivity index (χ3v) is 3.55. The summed E-state index contributed by atoms with van der Waals surface area (Å²) in [6, 6.07) is 2.15. The van der Waals surface area contributed by atoms with Crippen LogP contribution in [0.3, 0.4) is 0 Å². The van der Waals surface area contributed by atoms with Crippen LogP contribution in [-0.4, -0.2) is 42.3 Å². The first-order valence-electron chi connectivity index (χ1n) is 7.39. The molecular formula is C14H29N3O2. The molecule has 2 aliphatic rings. The predicted octanol–water partition coefficient (Wildman–Crippen LogP) is 1.42. The molecule has 0 spiro atoms. The van der Waals surface area contributed by atoms with E-state index in [0.29, 0.717) is 12.5 Å². The Morgan fingerprint density at radius 3 is 2.42 bits per heavy atom. The lowest BCUT2D eigenvalue weighted by molar-refractivity contribution is -0.131. The Kier molecular flexibility index (Phi) is 7.34. The second-order valence-corrected chi connectivity index (χ2v) is 5.88. The quantitative estimate of drug-likeness (QED) is 0.434. The fourth-order valence-corrected chi connectivity index (χ4v) is 2.25. The molecule has 0 aromatic heterocycles. The molecule has 2 rings (SSSR count). The normalized spacial score (nSPS) is 26.2. The molecule has 112 valence electrons. The molecule has 19 heavy (non-hydrogen) atoms. The Morgan fingerprint density at radius 1 is 1.37 bits per heavy atom. The Morgan fingerprint density at radius 2 is 2.05 bits per heavy atom. The van der Waals surface area contributed by atoms with Crippen LogP contribution in [0.4, 0.5) is 0 Å². The summed E-state index contributed by atoms with van der Waals surface area (Å²) in [6.45, 7) is 7.38. The van der Waals surface area contributed by atoms with Gasteiger partial charge in [-0.2, -0.15) is 0 Å². The van der Waals surface area contributed by atoms with Crippen molar-refractivity contribution >= 4 is 6.47 Å². The summed E-state index contributed by atoms with van der Waals surface area (Å²) in [5, 5.41) is 5.62. The van der Waals surface area contributed by atoms with E-state index in [-0.39, 0.29) is 6.10 Å². The number of nitrogens with zero attached hydrogens (tertiary/aromatic N) is 1. The van der Waals surface area contributed by atoms with Crippen molar-refractivity contribution in [1.29, 1.82) is 0 Å². The molecule has 1 saturated carbocycles. The molecule has 0 amide bonds. The number of hydrogen-bond acceptors (Lipinski definition) is 5. The first-order chi connectivity index (χ1) is 9.02. The molecule has 2 unspecified atom stereocenters. The van der Waals surface area contributed by atoms with Crippen molar-refractivity contribution in [3.8, 4) is 0 Å². The molecular weight excluding hydrogens is 242 g/mol. The first-order valence-corrected chi connectivity index (χ1v) is 7.39. The van der Waals surface area contributed by atoms with E-state index in [2.05, 4.69) is 17.0 Å². The van der Waals surface area contributed by atoms with Gasteiger partial charge in [0.2, 0.25) is 0 Å². The van der Waals surface area contributed by atoms with Crippen LogP contribution in [0.15, 0.2) is 0 Å². The van der Waals surface area contributed by atoms with Crippen molar-refractivity contribution < 1.29 is 9.53 Å². The summed E-state index contributed by atoms with van der Waals surface area (Å²) >= 11 is 0. The van der Waals surface area contributed by atoms with E-state index in [1.165, 1.54) is 32.1 Å². The van der Waals surface area contributed by atoms with Gasteiger partial charge in [0.05, 0.1) is 6.10 Å². The van der Waals surface area contributed by atoms with E-state index in [9.17, 15) is 4.79 Å². The van der Waals surface area contributed by atoms with E-state index in [0.717, 1.165) is 18.6 Å². The molecule has 0 radical (unpaired) electrons. The van der Waals surface area contributed by atoms with Crippen LogP contribution in [0.25, 0.3) is 0 Å². The zero-order valence-electron chi connectivity index (χ0n) is 12.5. The highest BCUT2D eigenvalue weighted by Gasteiger charge is 2.28. The van der Waals surface area contributed by atoms with Gasteiger partial charge in [-0.05, 0) is 52.9 Å². The van der Waals surface area contributed by atoms with E-state index in [1.54, 1.807) is 13.8 Å². The Balaban J connectivity index is 0.000000258. The topological polar surface area (TPSA) is 67.6 Å². The Labute approximate surface area is 116 Å². The highest BCUT2D eigenvalue weighted by molar-refractivity contribution is 5.37. The summed E-state index contributed by atoms with van der Waals surface area (Å²) in [4.78, 5) is 9.39. The summed E-state index contributed by atoms with van der Waals surface area (Å²) in [6.07, 6.45) is 6.54. The monoisotopic (exact) mass is 271 g/mol. The van der Waals surface area contributed by atoms with E-state index in [4.69, 9.17) is 5.84 Å². The molecule has 3 N–H and O–H groups in total. The predicted molar refractivity (Wildman–Crippen MR) is 76.4 cm³/mol. The number of hydrazine groups is 1.